The van der Waals surface area contributed by atoms with Gasteiger partial charge in [-0.3, -0.25) is 9.59 Å². The number of amides is 2. The van der Waals surface area contributed by atoms with E-state index in [0.717, 1.165) is 25.7 Å². The Kier molecular flexibility index (Phi) is 6.12. The van der Waals surface area contributed by atoms with Crippen molar-refractivity contribution in [1.82, 2.24) is 4.90 Å². The molecule has 3 N–H and O–H groups in total. The zero-order valence-electron chi connectivity index (χ0n) is 13.9. The number of nitrogens with one attached hydrogen (secondary N) is 1. The van der Waals surface area contributed by atoms with Gasteiger partial charge < -0.3 is 16.0 Å². The van der Waals surface area contributed by atoms with Crippen molar-refractivity contribution >= 4 is 40.7 Å². The summed E-state index contributed by atoms with van der Waals surface area (Å²) in [6, 6.07) is 4.97. The molecule has 1 fully saturated rings. The highest BCUT2D eigenvalue weighted by atomic mass is 35.5. The molecule has 1 aliphatic carbocycles. The average Bonchev–Trinajstić information content (AvgIpc) is 2.50. The lowest BCUT2D eigenvalue weighted by Crippen LogP contribution is -2.53. The average molecular weight is 372 g/mol. The number of rotatable bonds is 4. The molecule has 1 saturated carbocycles. The van der Waals surface area contributed by atoms with E-state index >= 15 is 0 Å². The van der Waals surface area contributed by atoms with Crippen LogP contribution in [0.25, 0.3) is 0 Å². The molecule has 0 spiro atoms. The number of nitrogens with two attached hydrogens (primary N) is 1. The molecule has 2 amide bonds. The second kappa shape index (κ2) is 7.72. The lowest BCUT2D eigenvalue weighted by Gasteiger charge is -2.39. The maximum absolute atomic E-state index is 12.6. The molecule has 2 unspecified atom stereocenters. The van der Waals surface area contributed by atoms with Gasteiger partial charge in [-0.2, -0.15) is 0 Å². The van der Waals surface area contributed by atoms with Crippen molar-refractivity contribution in [2.24, 2.45) is 11.7 Å². The number of hydrogen-bond donors (Lipinski definition) is 2. The Bertz CT molecular complexity index is 614. The second-order valence-corrected chi connectivity index (χ2v) is 7.46. The molecule has 0 saturated heterocycles. The van der Waals surface area contributed by atoms with Crippen LogP contribution in [0.4, 0.5) is 5.69 Å². The standard InChI is InChI=1S/C17H23Cl2N3O2/c1-17(20)9-4-3-6-11(17)16(24)22(2)10-14(23)21-15-12(18)7-5-8-13(15)19/h5,7-8,11H,3-4,6,9-10,20H2,1-2H3,(H,21,23). The Balaban J connectivity index is 1.99. The van der Waals surface area contributed by atoms with Crippen LogP contribution in [0.2, 0.25) is 10.0 Å². The van der Waals surface area contributed by atoms with E-state index in [1.54, 1.807) is 25.2 Å². The lowest BCUT2D eigenvalue weighted by molar-refractivity contribution is -0.139. The number of carbonyl (C=O) groups is 2. The van der Waals surface area contributed by atoms with Crippen LogP contribution in [0.5, 0.6) is 0 Å². The molecule has 1 aliphatic rings. The Hall–Kier alpha value is -1.30. The van der Waals surface area contributed by atoms with Gasteiger partial charge in [0, 0.05) is 12.6 Å². The van der Waals surface area contributed by atoms with E-state index in [2.05, 4.69) is 5.32 Å². The number of benzene rings is 1. The molecule has 24 heavy (non-hydrogen) atoms. The minimum atomic E-state index is -0.522. The summed E-state index contributed by atoms with van der Waals surface area (Å²) in [4.78, 5) is 26.3. The van der Waals surface area contributed by atoms with Gasteiger partial charge in [0.1, 0.15) is 0 Å². The fourth-order valence-electron chi connectivity index (χ4n) is 3.12. The number of carbonyl (C=O) groups excluding carboxylic acids is 2. The topological polar surface area (TPSA) is 75.4 Å². The van der Waals surface area contributed by atoms with Gasteiger partial charge in [-0.1, -0.05) is 42.1 Å². The smallest absolute Gasteiger partial charge is 0.244 e. The van der Waals surface area contributed by atoms with E-state index in [0.29, 0.717) is 15.7 Å². The van der Waals surface area contributed by atoms with Crippen molar-refractivity contribution in [2.45, 2.75) is 38.1 Å². The van der Waals surface area contributed by atoms with E-state index in [9.17, 15) is 9.59 Å². The molecule has 2 rings (SSSR count). The summed E-state index contributed by atoms with van der Waals surface area (Å²) in [5.74, 6) is -0.705. The van der Waals surface area contributed by atoms with Crippen molar-refractivity contribution in [3.63, 3.8) is 0 Å². The molecule has 0 heterocycles. The highest BCUT2D eigenvalue weighted by Gasteiger charge is 2.39. The Morgan fingerprint density at radius 2 is 1.96 bits per heavy atom. The van der Waals surface area contributed by atoms with Crippen LogP contribution >= 0.6 is 23.2 Å². The first-order valence-corrected chi connectivity index (χ1v) is 8.75. The molecule has 0 radical (unpaired) electrons. The largest absolute Gasteiger partial charge is 0.336 e. The fraction of sp³-hybridized carbons (Fsp3) is 0.529. The number of likely N-dealkylation sites (N-methyl/N-ethyl adjacent to an activating group) is 1. The van der Waals surface area contributed by atoms with Crippen molar-refractivity contribution in [3.8, 4) is 0 Å². The third-order valence-corrected chi connectivity index (χ3v) is 5.17. The summed E-state index contributed by atoms with van der Waals surface area (Å²) in [5.41, 5.74) is 6.10. The predicted molar refractivity (Wildman–Crippen MR) is 97.3 cm³/mol. The zero-order valence-corrected chi connectivity index (χ0v) is 15.5. The fourth-order valence-corrected chi connectivity index (χ4v) is 3.61. The van der Waals surface area contributed by atoms with E-state index in [4.69, 9.17) is 28.9 Å². The molecule has 0 aliphatic heterocycles. The van der Waals surface area contributed by atoms with Crippen LogP contribution in [-0.4, -0.2) is 35.8 Å². The molecule has 1 aromatic carbocycles. The molecular formula is C17H23Cl2N3O2. The van der Waals surface area contributed by atoms with Gasteiger partial charge in [0.25, 0.3) is 0 Å². The molecular weight excluding hydrogens is 349 g/mol. The van der Waals surface area contributed by atoms with Crippen LogP contribution in [0.3, 0.4) is 0 Å². The molecule has 7 heteroatoms. The number of hydrogen-bond acceptors (Lipinski definition) is 3. The number of nitrogens with zero attached hydrogens (tertiary/aromatic N) is 1. The van der Waals surface area contributed by atoms with Crippen LogP contribution in [-0.2, 0) is 9.59 Å². The summed E-state index contributed by atoms with van der Waals surface area (Å²) >= 11 is 12.1. The van der Waals surface area contributed by atoms with Crippen molar-refractivity contribution < 1.29 is 9.59 Å². The highest BCUT2D eigenvalue weighted by molar-refractivity contribution is 6.39. The molecule has 2 atom stereocenters. The van der Waals surface area contributed by atoms with Crippen LogP contribution in [0, 0.1) is 5.92 Å². The number of halogens is 2. The maximum atomic E-state index is 12.6. The lowest BCUT2D eigenvalue weighted by atomic mass is 9.74. The van der Waals surface area contributed by atoms with Gasteiger partial charge in [0.2, 0.25) is 11.8 Å². The summed E-state index contributed by atoms with van der Waals surface area (Å²) < 4.78 is 0. The molecule has 5 nitrogen and oxygen atoms in total. The van der Waals surface area contributed by atoms with Crippen LogP contribution < -0.4 is 11.1 Å². The third kappa shape index (κ3) is 4.41. The summed E-state index contributed by atoms with van der Waals surface area (Å²) in [5, 5.41) is 3.37. The summed E-state index contributed by atoms with van der Waals surface area (Å²) in [7, 11) is 1.61. The van der Waals surface area contributed by atoms with Gasteiger partial charge in [-0.25, -0.2) is 0 Å². The SMILES string of the molecule is CN(CC(=O)Nc1c(Cl)cccc1Cl)C(=O)C1CCCCC1(C)N. The van der Waals surface area contributed by atoms with E-state index < -0.39 is 5.54 Å². The zero-order chi connectivity index (χ0) is 17.9. The van der Waals surface area contributed by atoms with E-state index in [-0.39, 0.29) is 24.3 Å². The van der Waals surface area contributed by atoms with Crippen LogP contribution in [0.15, 0.2) is 18.2 Å². The number of para-hydroxylation sites is 1. The van der Waals surface area contributed by atoms with E-state index in [1.807, 2.05) is 6.92 Å². The first-order valence-electron chi connectivity index (χ1n) is 8.00. The predicted octanol–water partition coefficient (Wildman–Crippen LogP) is 3.30. The number of anilines is 1. The van der Waals surface area contributed by atoms with Crippen LogP contribution in [0.1, 0.15) is 32.6 Å². The van der Waals surface area contributed by atoms with Gasteiger partial charge in [0.05, 0.1) is 28.2 Å². The Morgan fingerprint density at radius 3 is 2.54 bits per heavy atom. The normalized spacial score (nSPS) is 23.6. The molecule has 0 aromatic heterocycles. The molecule has 0 bridgehead atoms. The maximum Gasteiger partial charge on any atom is 0.244 e. The monoisotopic (exact) mass is 371 g/mol. The Morgan fingerprint density at radius 1 is 1.33 bits per heavy atom. The molecule has 1 aromatic rings. The first-order chi connectivity index (χ1) is 11.2. The second-order valence-electron chi connectivity index (χ2n) is 6.64. The van der Waals surface area contributed by atoms with Gasteiger partial charge in [0.15, 0.2) is 0 Å². The summed E-state index contributed by atoms with van der Waals surface area (Å²) in [6.07, 6.45) is 3.59. The van der Waals surface area contributed by atoms with Crippen molar-refractivity contribution in [1.29, 1.82) is 0 Å². The van der Waals surface area contributed by atoms with Gasteiger partial charge in [-0.05, 0) is 31.9 Å². The van der Waals surface area contributed by atoms with Crippen molar-refractivity contribution in [3.05, 3.63) is 28.2 Å². The van der Waals surface area contributed by atoms with Gasteiger partial charge in [-0.15, -0.1) is 0 Å². The first kappa shape index (κ1) is 19.0. The van der Waals surface area contributed by atoms with Crippen molar-refractivity contribution in [2.75, 3.05) is 18.9 Å². The quantitative estimate of drug-likeness (QED) is 0.852. The van der Waals surface area contributed by atoms with E-state index in [1.165, 1.54) is 4.90 Å². The highest BCUT2D eigenvalue weighted by Crippen LogP contribution is 2.33. The minimum Gasteiger partial charge on any atom is -0.336 e. The van der Waals surface area contributed by atoms with Gasteiger partial charge >= 0.3 is 0 Å². The Labute approximate surface area is 152 Å². The molecule has 132 valence electrons. The summed E-state index contributed by atoms with van der Waals surface area (Å²) in [6.45, 7) is 1.83. The minimum absolute atomic E-state index is 0.0764. The third-order valence-electron chi connectivity index (χ3n) is 4.54.